The van der Waals surface area contributed by atoms with Crippen molar-refractivity contribution in [1.82, 2.24) is 9.97 Å². The highest BCUT2D eigenvalue weighted by Gasteiger charge is 2.35. The Labute approximate surface area is 179 Å². The molecule has 31 heavy (non-hydrogen) atoms. The summed E-state index contributed by atoms with van der Waals surface area (Å²) in [7, 11) is -3.07. The predicted octanol–water partition coefficient (Wildman–Crippen LogP) is 5.25. The first-order chi connectivity index (χ1) is 14.7. The highest BCUT2D eigenvalue weighted by atomic mass is 32.2. The summed E-state index contributed by atoms with van der Waals surface area (Å²) in [6.07, 6.45) is -0.0619. The molecule has 6 nitrogen and oxygen atoms in total. The quantitative estimate of drug-likeness (QED) is 0.403. The third-order valence-corrected chi connectivity index (χ3v) is 7.04. The van der Waals surface area contributed by atoms with Crippen molar-refractivity contribution >= 4 is 43.0 Å². The molecule has 0 aliphatic carbocycles. The summed E-state index contributed by atoms with van der Waals surface area (Å²) in [4.78, 5) is 8.02. The van der Waals surface area contributed by atoms with E-state index < -0.39 is 21.8 Å². The normalized spacial score (nSPS) is 12.1. The lowest BCUT2D eigenvalue weighted by Crippen LogP contribution is -2.27. The molecule has 0 saturated carbocycles. The molecule has 0 atom stereocenters. The van der Waals surface area contributed by atoms with Gasteiger partial charge in [-0.25, -0.2) is 17.7 Å². The van der Waals surface area contributed by atoms with Gasteiger partial charge in [0.15, 0.2) is 0 Å². The molecule has 4 rings (SSSR count). The van der Waals surface area contributed by atoms with Gasteiger partial charge in [-0.05, 0) is 41.8 Å². The number of anilines is 2. The summed E-state index contributed by atoms with van der Waals surface area (Å²) in [5, 5.41) is 3.03. The van der Waals surface area contributed by atoms with Crippen LogP contribution in [0.3, 0.4) is 0 Å². The molecule has 0 saturated heterocycles. The summed E-state index contributed by atoms with van der Waals surface area (Å²) < 4.78 is 72.7. The van der Waals surface area contributed by atoms with E-state index in [1.165, 1.54) is 31.6 Å². The molecule has 2 aromatic heterocycles. The van der Waals surface area contributed by atoms with Crippen LogP contribution in [-0.2, 0) is 16.2 Å². The van der Waals surface area contributed by atoms with Crippen LogP contribution in [0.25, 0.3) is 10.8 Å². The van der Waals surface area contributed by atoms with Gasteiger partial charge in [-0.1, -0.05) is 6.07 Å². The van der Waals surface area contributed by atoms with E-state index in [0.29, 0.717) is 5.39 Å². The molecule has 0 radical (unpaired) electrons. The fraction of sp³-hybridized carbons (Fsp3) is 0.100. The van der Waals surface area contributed by atoms with Crippen LogP contribution in [0, 0.1) is 0 Å². The number of hydrogen-bond donors (Lipinski definition) is 0. The molecule has 0 aliphatic rings. The predicted molar refractivity (Wildman–Crippen MR) is 111 cm³/mol. The molecule has 2 heterocycles. The minimum absolute atomic E-state index is 0.0525. The third-order valence-electron chi connectivity index (χ3n) is 4.47. The molecule has 11 heteroatoms. The first-order valence-electron chi connectivity index (χ1n) is 8.75. The van der Waals surface area contributed by atoms with E-state index in [-0.39, 0.29) is 21.5 Å². The average Bonchev–Trinajstić information content (AvgIpc) is 3.27. The molecule has 160 valence electrons. The van der Waals surface area contributed by atoms with Gasteiger partial charge in [-0.3, -0.25) is 4.98 Å². The Kier molecular flexibility index (Phi) is 5.31. The number of thiazole rings is 1. The van der Waals surface area contributed by atoms with E-state index in [1.807, 2.05) is 0 Å². The first kappa shape index (κ1) is 21.1. The maximum absolute atomic E-state index is 13.6. The molecule has 0 aliphatic heterocycles. The van der Waals surface area contributed by atoms with Crippen LogP contribution in [-0.4, -0.2) is 25.5 Å². The Morgan fingerprint density at radius 2 is 1.84 bits per heavy atom. The van der Waals surface area contributed by atoms with Gasteiger partial charge in [-0.2, -0.15) is 13.2 Å². The summed E-state index contributed by atoms with van der Waals surface area (Å²) >= 11 is 1.03. The van der Waals surface area contributed by atoms with Gasteiger partial charge in [-0.15, -0.1) is 11.3 Å². The minimum atomic E-state index is -4.61. The van der Waals surface area contributed by atoms with E-state index in [2.05, 4.69) is 9.97 Å². The molecule has 0 amide bonds. The van der Waals surface area contributed by atoms with Gasteiger partial charge in [0.1, 0.15) is 11.4 Å². The summed E-state index contributed by atoms with van der Waals surface area (Å²) in [6.45, 7) is 0. The second-order valence-corrected chi connectivity index (χ2v) is 9.01. The summed E-state index contributed by atoms with van der Waals surface area (Å²) in [5.74, 6) is -0.251. The lowest BCUT2D eigenvalue weighted by molar-refractivity contribution is -0.137. The summed E-state index contributed by atoms with van der Waals surface area (Å²) in [6, 6.07) is 8.79. The number of halogens is 3. The SMILES string of the molecule is COc1cc(C(F)(F)F)ccc1N(c1nccs1)S(=O)(=O)c1ccc2cnccc2c1. The number of hydrogen-bond acceptors (Lipinski definition) is 6. The molecule has 0 spiro atoms. The Bertz CT molecular complexity index is 1340. The maximum Gasteiger partial charge on any atom is 0.416 e. The molecule has 2 aromatic carbocycles. The number of sulfonamides is 1. The van der Waals surface area contributed by atoms with Crippen molar-refractivity contribution < 1.29 is 26.3 Å². The molecular formula is C20H14F3N3O3S2. The van der Waals surface area contributed by atoms with Crippen molar-refractivity contribution in [2.45, 2.75) is 11.1 Å². The first-order valence-corrected chi connectivity index (χ1v) is 11.1. The highest BCUT2D eigenvalue weighted by Crippen LogP contribution is 2.42. The number of ether oxygens (including phenoxy) is 1. The number of alkyl halides is 3. The van der Waals surface area contributed by atoms with E-state index in [1.54, 1.807) is 23.7 Å². The van der Waals surface area contributed by atoms with E-state index in [0.717, 1.165) is 39.2 Å². The van der Waals surface area contributed by atoms with Gasteiger partial charge in [0.05, 0.1) is 17.6 Å². The average molecular weight is 465 g/mol. The molecule has 0 unspecified atom stereocenters. The third kappa shape index (κ3) is 3.93. The van der Waals surface area contributed by atoms with Crippen LogP contribution in [0.15, 0.2) is 71.3 Å². The van der Waals surface area contributed by atoms with E-state index in [9.17, 15) is 21.6 Å². The van der Waals surface area contributed by atoms with Crippen LogP contribution in [0.5, 0.6) is 5.75 Å². The number of pyridine rings is 1. The van der Waals surface area contributed by atoms with Crippen LogP contribution >= 0.6 is 11.3 Å². The number of nitrogens with zero attached hydrogens (tertiary/aromatic N) is 3. The molecule has 0 N–H and O–H groups in total. The van der Waals surface area contributed by atoms with Gasteiger partial charge < -0.3 is 4.74 Å². The Morgan fingerprint density at radius 1 is 1.03 bits per heavy atom. The van der Waals surface area contributed by atoms with Crippen molar-refractivity contribution in [3.05, 3.63) is 72.0 Å². The second kappa shape index (κ2) is 7.82. The highest BCUT2D eigenvalue weighted by molar-refractivity contribution is 7.93. The number of fused-ring (bicyclic) bond motifs is 1. The maximum atomic E-state index is 13.6. The lowest BCUT2D eigenvalue weighted by atomic mass is 10.2. The molecule has 0 bridgehead atoms. The monoisotopic (exact) mass is 465 g/mol. The fourth-order valence-corrected chi connectivity index (χ4v) is 5.37. The van der Waals surface area contributed by atoms with Crippen LogP contribution in [0.1, 0.15) is 5.56 Å². The topological polar surface area (TPSA) is 72.4 Å². The smallest absolute Gasteiger partial charge is 0.416 e. The second-order valence-electron chi connectivity index (χ2n) is 6.35. The van der Waals surface area contributed by atoms with Crippen molar-refractivity contribution in [2.24, 2.45) is 0 Å². The van der Waals surface area contributed by atoms with Crippen molar-refractivity contribution in [3.63, 3.8) is 0 Å². The molecule has 4 aromatic rings. The van der Waals surface area contributed by atoms with Crippen molar-refractivity contribution in [3.8, 4) is 5.75 Å². The lowest BCUT2D eigenvalue weighted by Gasteiger charge is -2.24. The Hall–Kier alpha value is -3.18. The van der Waals surface area contributed by atoms with Gasteiger partial charge >= 0.3 is 6.18 Å². The van der Waals surface area contributed by atoms with Crippen LogP contribution in [0.2, 0.25) is 0 Å². The van der Waals surface area contributed by atoms with Crippen LogP contribution < -0.4 is 9.04 Å². The molecule has 0 fully saturated rings. The van der Waals surface area contributed by atoms with Gasteiger partial charge in [0.2, 0.25) is 5.13 Å². The zero-order valence-electron chi connectivity index (χ0n) is 15.9. The number of aromatic nitrogens is 2. The zero-order valence-corrected chi connectivity index (χ0v) is 17.5. The molecular weight excluding hydrogens is 451 g/mol. The Morgan fingerprint density at radius 3 is 2.52 bits per heavy atom. The van der Waals surface area contributed by atoms with E-state index >= 15 is 0 Å². The summed E-state index contributed by atoms with van der Waals surface area (Å²) in [5.41, 5.74) is -1.04. The van der Waals surface area contributed by atoms with Crippen molar-refractivity contribution in [1.29, 1.82) is 0 Å². The van der Waals surface area contributed by atoms with Crippen molar-refractivity contribution in [2.75, 3.05) is 11.4 Å². The minimum Gasteiger partial charge on any atom is -0.495 e. The number of methoxy groups -OCH3 is 1. The van der Waals surface area contributed by atoms with E-state index in [4.69, 9.17) is 4.74 Å². The number of rotatable bonds is 5. The standard InChI is InChI=1S/C20H14F3N3O3S2/c1-29-18-11-15(20(21,22)23)3-5-17(18)26(19-25-8-9-30-19)31(27,28)16-4-2-14-12-24-7-6-13(14)10-16/h2-12H,1H3. The number of benzene rings is 2. The van der Waals surface area contributed by atoms with Crippen LogP contribution in [0.4, 0.5) is 24.0 Å². The largest absolute Gasteiger partial charge is 0.495 e. The van der Waals surface area contributed by atoms with Gasteiger partial charge in [0.25, 0.3) is 10.0 Å². The zero-order chi connectivity index (χ0) is 22.2. The van der Waals surface area contributed by atoms with Gasteiger partial charge in [0, 0.05) is 29.4 Å². The fourth-order valence-electron chi connectivity index (χ4n) is 3.00. The Balaban J connectivity index is 1.92.